The third kappa shape index (κ3) is 3.69. The second-order valence-corrected chi connectivity index (χ2v) is 5.56. The van der Waals surface area contributed by atoms with Crippen molar-refractivity contribution in [2.45, 2.75) is 32.4 Å². The second-order valence-electron chi connectivity index (χ2n) is 4.58. The summed E-state index contributed by atoms with van der Waals surface area (Å²) in [6.07, 6.45) is 1.06. The summed E-state index contributed by atoms with van der Waals surface area (Å²) in [5, 5.41) is 5.79. The van der Waals surface area contributed by atoms with Gasteiger partial charge in [0.05, 0.1) is 0 Å². The maximum Gasteiger partial charge on any atom is 0.0457 e. The Bertz CT molecular complexity index is 419. The highest BCUT2D eigenvalue weighted by Crippen LogP contribution is 2.23. The van der Waals surface area contributed by atoms with Crippen molar-refractivity contribution in [3.63, 3.8) is 0 Å². The van der Waals surface area contributed by atoms with Gasteiger partial charge in [-0.05, 0) is 23.4 Å². The number of thiophene rings is 1. The molecule has 17 heavy (non-hydrogen) atoms. The van der Waals surface area contributed by atoms with Crippen molar-refractivity contribution in [1.29, 1.82) is 0 Å². The van der Waals surface area contributed by atoms with Crippen LogP contribution < -0.4 is 5.32 Å². The molecule has 90 valence electrons. The summed E-state index contributed by atoms with van der Waals surface area (Å²) >= 11 is 1.83. The molecule has 0 saturated carbocycles. The SMILES string of the molecule is CC(C)NC(Cc1ccccc1)c1cccs1. The lowest BCUT2D eigenvalue weighted by molar-refractivity contribution is 0.480. The van der Waals surface area contributed by atoms with Crippen LogP contribution in [0.1, 0.15) is 30.3 Å². The molecule has 0 saturated heterocycles. The lowest BCUT2D eigenvalue weighted by Crippen LogP contribution is -2.29. The van der Waals surface area contributed by atoms with Crippen molar-refractivity contribution < 1.29 is 0 Å². The number of nitrogens with one attached hydrogen (secondary N) is 1. The van der Waals surface area contributed by atoms with E-state index in [9.17, 15) is 0 Å². The lowest BCUT2D eigenvalue weighted by atomic mass is 10.0. The van der Waals surface area contributed by atoms with E-state index in [1.165, 1.54) is 10.4 Å². The summed E-state index contributed by atoms with van der Waals surface area (Å²) in [6, 6.07) is 16.0. The fraction of sp³-hybridized carbons (Fsp3) is 0.333. The van der Waals surface area contributed by atoms with E-state index in [4.69, 9.17) is 0 Å². The van der Waals surface area contributed by atoms with Crippen LogP contribution in [-0.4, -0.2) is 6.04 Å². The first kappa shape index (κ1) is 12.3. The average molecular weight is 245 g/mol. The van der Waals surface area contributed by atoms with Crippen LogP contribution in [0, 0.1) is 0 Å². The largest absolute Gasteiger partial charge is 0.307 e. The van der Waals surface area contributed by atoms with Gasteiger partial charge < -0.3 is 5.32 Å². The Morgan fingerprint density at radius 2 is 1.82 bits per heavy atom. The zero-order chi connectivity index (χ0) is 12.1. The summed E-state index contributed by atoms with van der Waals surface area (Å²) in [5.41, 5.74) is 1.39. The van der Waals surface area contributed by atoms with E-state index >= 15 is 0 Å². The quantitative estimate of drug-likeness (QED) is 0.838. The molecule has 2 aromatic rings. The van der Waals surface area contributed by atoms with Gasteiger partial charge in [-0.25, -0.2) is 0 Å². The number of hydrogen-bond donors (Lipinski definition) is 1. The van der Waals surface area contributed by atoms with Crippen LogP contribution in [0.2, 0.25) is 0 Å². The molecule has 0 aliphatic rings. The van der Waals surface area contributed by atoms with Gasteiger partial charge in [0.2, 0.25) is 0 Å². The zero-order valence-corrected chi connectivity index (χ0v) is 11.2. The molecule has 1 N–H and O–H groups in total. The van der Waals surface area contributed by atoms with Crippen molar-refractivity contribution in [2.24, 2.45) is 0 Å². The standard InChI is InChI=1S/C15H19NS/c1-12(2)16-14(15-9-6-10-17-15)11-13-7-4-3-5-8-13/h3-10,12,14,16H,11H2,1-2H3. The lowest BCUT2D eigenvalue weighted by Gasteiger charge is -2.20. The molecule has 1 unspecified atom stereocenters. The minimum absolute atomic E-state index is 0.428. The van der Waals surface area contributed by atoms with Crippen LogP contribution >= 0.6 is 11.3 Å². The van der Waals surface area contributed by atoms with Gasteiger partial charge in [0, 0.05) is 17.0 Å². The molecule has 1 atom stereocenters. The Morgan fingerprint density at radius 3 is 2.41 bits per heavy atom. The molecule has 2 rings (SSSR count). The molecule has 1 aromatic heterocycles. The fourth-order valence-corrected chi connectivity index (χ4v) is 2.77. The molecule has 0 aliphatic heterocycles. The Morgan fingerprint density at radius 1 is 1.06 bits per heavy atom. The first-order valence-electron chi connectivity index (χ1n) is 6.09. The molecule has 1 heterocycles. The Kier molecular flexibility index (Phi) is 4.35. The molecule has 0 aliphatic carbocycles. The van der Waals surface area contributed by atoms with Gasteiger partial charge in [0.1, 0.15) is 0 Å². The van der Waals surface area contributed by atoms with Crippen molar-refractivity contribution in [3.8, 4) is 0 Å². The minimum Gasteiger partial charge on any atom is -0.307 e. The molecule has 0 radical (unpaired) electrons. The van der Waals surface area contributed by atoms with Crippen LogP contribution in [-0.2, 0) is 6.42 Å². The molecule has 0 amide bonds. The molecular formula is C15H19NS. The second kappa shape index (κ2) is 5.99. The molecular weight excluding hydrogens is 226 g/mol. The first-order chi connectivity index (χ1) is 8.25. The summed E-state index contributed by atoms with van der Waals surface area (Å²) < 4.78 is 0. The third-order valence-electron chi connectivity index (χ3n) is 2.70. The van der Waals surface area contributed by atoms with E-state index in [1.54, 1.807) is 0 Å². The highest BCUT2D eigenvalue weighted by atomic mass is 32.1. The maximum atomic E-state index is 3.64. The van der Waals surface area contributed by atoms with E-state index in [0.717, 1.165) is 6.42 Å². The van der Waals surface area contributed by atoms with Gasteiger partial charge >= 0.3 is 0 Å². The number of benzene rings is 1. The molecule has 0 bridgehead atoms. The summed E-state index contributed by atoms with van der Waals surface area (Å²) in [4.78, 5) is 1.42. The van der Waals surface area contributed by atoms with E-state index < -0.39 is 0 Å². The smallest absolute Gasteiger partial charge is 0.0457 e. The van der Waals surface area contributed by atoms with Gasteiger partial charge in [-0.15, -0.1) is 11.3 Å². The van der Waals surface area contributed by atoms with Crippen LogP contribution in [0.25, 0.3) is 0 Å². The summed E-state index contributed by atoms with van der Waals surface area (Å²) in [5.74, 6) is 0. The van der Waals surface area contributed by atoms with E-state index in [-0.39, 0.29) is 0 Å². The van der Waals surface area contributed by atoms with Crippen LogP contribution in [0.5, 0.6) is 0 Å². The van der Waals surface area contributed by atoms with Gasteiger partial charge in [-0.3, -0.25) is 0 Å². The zero-order valence-electron chi connectivity index (χ0n) is 10.4. The van der Waals surface area contributed by atoms with Crippen LogP contribution in [0.4, 0.5) is 0 Å². The minimum atomic E-state index is 0.428. The topological polar surface area (TPSA) is 12.0 Å². The molecule has 0 fully saturated rings. The van der Waals surface area contributed by atoms with E-state index in [0.29, 0.717) is 12.1 Å². The summed E-state index contributed by atoms with van der Waals surface area (Å²) in [7, 11) is 0. The van der Waals surface area contributed by atoms with Gasteiger partial charge in [-0.1, -0.05) is 50.2 Å². The highest BCUT2D eigenvalue weighted by molar-refractivity contribution is 7.10. The monoisotopic (exact) mass is 245 g/mol. The number of hydrogen-bond acceptors (Lipinski definition) is 2. The molecule has 2 heteroatoms. The molecule has 0 spiro atoms. The van der Waals surface area contributed by atoms with Gasteiger partial charge in [0.25, 0.3) is 0 Å². The van der Waals surface area contributed by atoms with Crippen molar-refractivity contribution in [3.05, 3.63) is 58.3 Å². The average Bonchev–Trinajstić information content (AvgIpc) is 2.82. The van der Waals surface area contributed by atoms with Crippen LogP contribution in [0.15, 0.2) is 47.8 Å². The van der Waals surface area contributed by atoms with E-state index in [1.807, 2.05) is 11.3 Å². The van der Waals surface area contributed by atoms with E-state index in [2.05, 4.69) is 67.0 Å². The normalized spacial score (nSPS) is 12.9. The number of rotatable bonds is 5. The first-order valence-corrected chi connectivity index (χ1v) is 6.97. The van der Waals surface area contributed by atoms with Crippen molar-refractivity contribution in [1.82, 2.24) is 5.32 Å². The third-order valence-corrected chi connectivity index (χ3v) is 3.69. The Balaban J connectivity index is 2.11. The predicted octanol–water partition coefficient (Wildman–Crippen LogP) is 4.03. The fourth-order valence-electron chi connectivity index (χ4n) is 1.98. The summed E-state index contributed by atoms with van der Waals surface area (Å²) in [6.45, 7) is 4.40. The highest BCUT2D eigenvalue weighted by Gasteiger charge is 2.13. The van der Waals surface area contributed by atoms with Crippen LogP contribution in [0.3, 0.4) is 0 Å². The Labute approximate surface area is 108 Å². The molecule has 1 aromatic carbocycles. The maximum absolute atomic E-state index is 3.64. The van der Waals surface area contributed by atoms with Gasteiger partial charge in [-0.2, -0.15) is 0 Å². The predicted molar refractivity (Wildman–Crippen MR) is 75.5 cm³/mol. The molecule has 1 nitrogen and oxygen atoms in total. The van der Waals surface area contributed by atoms with Crippen molar-refractivity contribution in [2.75, 3.05) is 0 Å². The Hall–Kier alpha value is -1.12. The van der Waals surface area contributed by atoms with Crippen molar-refractivity contribution >= 4 is 11.3 Å². The van der Waals surface area contributed by atoms with Gasteiger partial charge in [0.15, 0.2) is 0 Å².